The van der Waals surface area contributed by atoms with Gasteiger partial charge in [0, 0.05) is 11.6 Å². The number of rotatable bonds is 3. The first-order valence-corrected chi connectivity index (χ1v) is 5.17. The molecule has 0 aliphatic heterocycles. The topological polar surface area (TPSA) is 45.4 Å². The molecule has 1 aromatic rings. The van der Waals surface area contributed by atoms with Gasteiger partial charge in [0.05, 0.1) is 11.6 Å². The van der Waals surface area contributed by atoms with Crippen molar-refractivity contribution in [1.82, 2.24) is 0 Å². The van der Waals surface area contributed by atoms with Gasteiger partial charge in [-0.05, 0) is 17.7 Å². The SMILES string of the molecule is CC(C)(C)C=NOCc1cccc(C#N)c1. The molecule has 1 aromatic carbocycles. The molecule has 0 atom stereocenters. The van der Waals surface area contributed by atoms with Crippen molar-refractivity contribution >= 4 is 6.21 Å². The highest BCUT2D eigenvalue weighted by atomic mass is 16.6. The Hall–Kier alpha value is -1.82. The molecule has 3 nitrogen and oxygen atoms in total. The van der Waals surface area contributed by atoms with Crippen LogP contribution in [0.15, 0.2) is 29.4 Å². The third-order valence-corrected chi connectivity index (χ3v) is 1.80. The van der Waals surface area contributed by atoms with Gasteiger partial charge in [0.15, 0.2) is 0 Å². The number of nitrogens with zero attached hydrogens (tertiary/aromatic N) is 2. The minimum Gasteiger partial charge on any atom is -0.391 e. The fourth-order valence-corrected chi connectivity index (χ4v) is 1.04. The van der Waals surface area contributed by atoms with Crippen LogP contribution in [-0.4, -0.2) is 6.21 Å². The summed E-state index contributed by atoms with van der Waals surface area (Å²) in [6, 6.07) is 9.40. The van der Waals surface area contributed by atoms with Crippen molar-refractivity contribution in [3.05, 3.63) is 35.4 Å². The molecule has 0 saturated carbocycles. The molecule has 0 heterocycles. The molecule has 84 valence electrons. The molecule has 0 aliphatic rings. The molecule has 0 aromatic heterocycles. The second-order valence-corrected chi connectivity index (χ2v) is 4.69. The van der Waals surface area contributed by atoms with Crippen molar-refractivity contribution in [3.8, 4) is 6.07 Å². The summed E-state index contributed by atoms with van der Waals surface area (Å²) < 4.78 is 0. The Morgan fingerprint density at radius 1 is 1.44 bits per heavy atom. The van der Waals surface area contributed by atoms with Crippen molar-refractivity contribution in [2.24, 2.45) is 10.6 Å². The minimum absolute atomic E-state index is 0.0223. The molecular weight excluding hydrogens is 200 g/mol. The first-order valence-electron chi connectivity index (χ1n) is 5.17. The van der Waals surface area contributed by atoms with Crippen molar-refractivity contribution in [2.45, 2.75) is 27.4 Å². The van der Waals surface area contributed by atoms with Gasteiger partial charge in [0.1, 0.15) is 6.61 Å². The zero-order valence-electron chi connectivity index (χ0n) is 9.90. The fraction of sp³-hybridized carbons (Fsp3) is 0.385. The molecule has 0 unspecified atom stereocenters. The molecular formula is C13H16N2O. The van der Waals surface area contributed by atoms with Gasteiger partial charge in [-0.15, -0.1) is 0 Å². The monoisotopic (exact) mass is 216 g/mol. The van der Waals surface area contributed by atoms with Crippen LogP contribution in [0.5, 0.6) is 0 Å². The molecule has 0 fully saturated rings. The van der Waals surface area contributed by atoms with E-state index < -0.39 is 0 Å². The summed E-state index contributed by atoms with van der Waals surface area (Å²) in [6.07, 6.45) is 1.77. The summed E-state index contributed by atoms with van der Waals surface area (Å²) in [4.78, 5) is 5.16. The van der Waals surface area contributed by atoms with Crippen LogP contribution >= 0.6 is 0 Å². The van der Waals surface area contributed by atoms with E-state index in [0.29, 0.717) is 12.2 Å². The molecule has 0 radical (unpaired) electrons. The second-order valence-electron chi connectivity index (χ2n) is 4.69. The van der Waals surface area contributed by atoms with Gasteiger partial charge in [-0.2, -0.15) is 5.26 Å². The standard InChI is InChI=1S/C13H16N2O/c1-13(2,3)10-15-16-9-12-6-4-5-11(7-12)8-14/h4-7,10H,9H2,1-3H3. The van der Waals surface area contributed by atoms with Crippen molar-refractivity contribution in [2.75, 3.05) is 0 Å². The van der Waals surface area contributed by atoms with Gasteiger partial charge in [0.25, 0.3) is 0 Å². The summed E-state index contributed by atoms with van der Waals surface area (Å²) in [5.74, 6) is 0. The Labute approximate surface area is 96.3 Å². The zero-order valence-corrected chi connectivity index (χ0v) is 9.90. The van der Waals surface area contributed by atoms with Crippen molar-refractivity contribution in [3.63, 3.8) is 0 Å². The van der Waals surface area contributed by atoms with E-state index in [0.717, 1.165) is 5.56 Å². The van der Waals surface area contributed by atoms with Gasteiger partial charge in [-0.25, -0.2) is 0 Å². The normalized spacial score (nSPS) is 11.4. The molecule has 0 aliphatic carbocycles. The molecule has 0 spiro atoms. The number of hydrogen-bond acceptors (Lipinski definition) is 3. The number of nitriles is 1. The van der Waals surface area contributed by atoms with Crippen molar-refractivity contribution in [1.29, 1.82) is 5.26 Å². The minimum atomic E-state index is 0.0223. The number of benzene rings is 1. The van der Waals surface area contributed by atoms with Crippen LogP contribution in [0.3, 0.4) is 0 Å². The number of oxime groups is 1. The van der Waals surface area contributed by atoms with E-state index in [1.54, 1.807) is 18.3 Å². The van der Waals surface area contributed by atoms with Gasteiger partial charge in [-0.3, -0.25) is 0 Å². The lowest BCUT2D eigenvalue weighted by molar-refractivity contribution is 0.129. The molecule has 0 N–H and O–H groups in total. The van der Waals surface area contributed by atoms with E-state index in [1.165, 1.54) is 0 Å². The molecule has 1 rings (SSSR count). The Morgan fingerprint density at radius 2 is 2.19 bits per heavy atom. The second kappa shape index (κ2) is 5.32. The predicted molar refractivity (Wildman–Crippen MR) is 63.9 cm³/mol. The van der Waals surface area contributed by atoms with Crippen LogP contribution in [0, 0.1) is 16.7 Å². The van der Waals surface area contributed by atoms with E-state index in [4.69, 9.17) is 10.1 Å². The lowest BCUT2D eigenvalue weighted by atomic mass is 10.00. The van der Waals surface area contributed by atoms with Crippen molar-refractivity contribution < 1.29 is 4.84 Å². The summed E-state index contributed by atoms with van der Waals surface area (Å²) in [6.45, 7) is 6.55. The largest absolute Gasteiger partial charge is 0.391 e. The first-order chi connectivity index (χ1) is 7.51. The molecule has 0 saturated heterocycles. The fourth-order valence-electron chi connectivity index (χ4n) is 1.04. The van der Waals surface area contributed by atoms with E-state index in [2.05, 4.69) is 32.0 Å². The van der Waals surface area contributed by atoms with Crippen LogP contribution in [0.4, 0.5) is 0 Å². The zero-order chi connectivity index (χ0) is 12.0. The molecule has 3 heteroatoms. The van der Waals surface area contributed by atoms with Crippen LogP contribution in [0.2, 0.25) is 0 Å². The van der Waals surface area contributed by atoms with E-state index in [1.807, 2.05) is 12.1 Å². The quantitative estimate of drug-likeness (QED) is 0.575. The number of hydrogen-bond donors (Lipinski definition) is 0. The highest BCUT2D eigenvalue weighted by molar-refractivity contribution is 5.63. The average molecular weight is 216 g/mol. The Bertz CT molecular complexity index is 411. The van der Waals surface area contributed by atoms with Gasteiger partial charge in [-0.1, -0.05) is 38.1 Å². The maximum atomic E-state index is 8.72. The predicted octanol–water partition coefficient (Wildman–Crippen LogP) is 3.11. The third kappa shape index (κ3) is 4.61. The molecule has 16 heavy (non-hydrogen) atoms. The summed E-state index contributed by atoms with van der Waals surface area (Å²) >= 11 is 0. The third-order valence-electron chi connectivity index (χ3n) is 1.80. The maximum absolute atomic E-state index is 8.72. The summed E-state index contributed by atoms with van der Waals surface area (Å²) in [5, 5.41) is 12.6. The first kappa shape index (κ1) is 12.3. The van der Waals surface area contributed by atoms with E-state index >= 15 is 0 Å². The molecule has 0 amide bonds. The Balaban J connectivity index is 2.50. The van der Waals surface area contributed by atoms with E-state index in [9.17, 15) is 0 Å². The van der Waals surface area contributed by atoms with E-state index in [-0.39, 0.29) is 5.41 Å². The van der Waals surface area contributed by atoms with Gasteiger partial charge in [0.2, 0.25) is 0 Å². The van der Waals surface area contributed by atoms with Crippen LogP contribution in [0.25, 0.3) is 0 Å². The van der Waals surface area contributed by atoms with Crippen LogP contribution < -0.4 is 0 Å². The smallest absolute Gasteiger partial charge is 0.142 e. The Kier molecular flexibility index (Phi) is 4.07. The Morgan fingerprint density at radius 3 is 2.81 bits per heavy atom. The van der Waals surface area contributed by atoms with Gasteiger partial charge >= 0.3 is 0 Å². The average Bonchev–Trinajstić information content (AvgIpc) is 2.23. The van der Waals surface area contributed by atoms with Gasteiger partial charge < -0.3 is 4.84 Å². The lowest BCUT2D eigenvalue weighted by Crippen LogP contribution is -2.06. The maximum Gasteiger partial charge on any atom is 0.142 e. The van der Waals surface area contributed by atoms with Crippen LogP contribution in [-0.2, 0) is 11.4 Å². The lowest BCUT2D eigenvalue weighted by Gasteiger charge is -2.09. The summed E-state index contributed by atoms with van der Waals surface area (Å²) in [5.41, 5.74) is 1.61. The highest BCUT2D eigenvalue weighted by Gasteiger charge is 2.05. The molecule has 0 bridgehead atoms. The van der Waals surface area contributed by atoms with Crippen LogP contribution in [0.1, 0.15) is 31.9 Å². The summed E-state index contributed by atoms with van der Waals surface area (Å²) in [7, 11) is 0. The highest BCUT2D eigenvalue weighted by Crippen LogP contribution is 2.09.